The van der Waals surface area contributed by atoms with E-state index in [0.717, 1.165) is 23.1 Å². The van der Waals surface area contributed by atoms with Crippen LogP contribution in [-0.2, 0) is 11.3 Å². The Morgan fingerprint density at radius 3 is 2.65 bits per heavy atom. The first kappa shape index (κ1) is 16.0. The van der Waals surface area contributed by atoms with E-state index in [4.69, 9.17) is 23.2 Å². The van der Waals surface area contributed by atoms with Crippen molar-refractivity contribution < 1.29 is 4.79 Å². The smallest absolute Gasteiger partial charge is 0.287 e. The average molecular weight is 352 g/mol. The molecule has 1 atom stereocenters. The zero-order chi connectivity index (χ0) is 16.4. The lowest BCUT2D eigenvalue weighted by Crippen LogP contribution is -2.36. The monoisotopic (exact) mass is 351 g/mol. The molecule has 1 N–H and O–H groups in total. The summed E-state index contributed by atoms with van der Waals surface area (Å²) in [7, 11) is 0. The Labute approximate surface area is 143 Å². The van der Waals surface area contributed by atoms with Gasteiger partial charge in [0.15, 0.2) is 0 Å². The molecule has 120 valence electrons. The minimum atomic E-state index is -0.572. The van der Waals surface area contributed by atoms with Crippen molar-refractivity contribution in [3.63, 3.8) is 0 Å². The van der Waals surface area contributed by atoms with Crippen LogP contribution in [0.5, 0.6) is 0 Å². The predicted molar refractivity (Wildman–Crippen MR) is 88.6 cm³/mol. The molecule has 1 aliphatic carbocycles. The lowest BCUT2D eigenvalue weighted by molar-refractivity contribution is -0.122. The van der Waals surface area contributed by atoms with Crippen LogP contribution in [0, 0.1) is 5.92 Å². The Balaban J connectivity index is 1.73. The maximum Gasteiger partial charge on any atom is 0.287 e. The SMILES string of the molecule is O=C(Cn1ncc(Cl)c(Cl)c1=O)NC(c1ccccc1)C1CC1. The number of benzene rings is 1. The summed E-state index contributed by atoms with van der Waals surface area (Å²) in [6.45, 7) is -0.189. The van der Waals surface area contributed by atoms with Gasteiger partial charge in [0.1, 0.15) is 11.6 Å². The van der Waals surface area contributed by atoms with Crippen LogP contribution in [0.1, 0.15) is 24.4 Å². The molecular weight excluding hydrogens is 337 g/mol. The second-order valence-corrected chi connectivity index (χ2v) is 6.35. The van der Waals surface area contributed by atoms with Crippen LogP contribution in [0.3, 0.4) is 0 Å². The Hall–Kier alpha value is -1.85. The number of nitrogens with zero attached hydrogens (tertiary/aromatic N) is 2. The van der Waals surface area contributed by atoms with Gasteiger partial charge in [-0.3, -0.25) is 9.59 Å². The fraction of sp³-hybridized carbons (Fsp3) is 0.312. The third-order valence-corrected chi connectivity index (χ3v) is 4.55. The highest BCUT2D eigenvalue weighted by molar-refractivity contribution is 6.41. The fourth-order valence-corrected chi connectivity index (χ4v) is 2.75. The maximum atomic E-state index is 12.3. The number of rotatable bonds is 5. The number of aromatic nitrogens is 2. The zero-order valence-corrected chi connectivity index (χ0v) is 13.7. The van der Waals surface area contributed by atoms with E-state index in [2.05, 4.69) is 10.4 Å². The molecule has 0 spiro atoms. The number of hydrogen-bond donors (Lipinski definition) is 1. The predicted octanol–water partition coefficient (Wildman–Crippen LogP) is 2.82. The summed E-state index contributed by atoms with van der Waals surface area (Å²) in [6, 6.07) is 9.78. The van der Waals surface area contributed by atoms with Crippen molar-refractivity contribution in [2.75, 3.05) is 0 Å². The highest BCUT2D eigenvalue weighted by Crippen LogP contribution is 2.40. The zero-order valence-electron chi connectivity index (χ0n) is 12.2. The van der Waals surface area contributed by atoms with Crippen molar-refractivity contribution in [3.8, 4) is 0 Å². The molecule has 1 fully saturated rings. The van der Waals surface area contributed by atoms with Crippen LogP contribution >= 0.6 is 23.2 Å². The Bertz CT molecular complexity index is 773. The minimum Gasteiger partial charge on any atom is -0.347 e. The molecule has 23 heavy (non-hydrogen) atoms. The van der Waals surface area contributed by atoms with Crippen LogP contribution < -0.4 is 10.9 Å². The van der Waals surface area contributed by atoms with Gasteiger partial charge in [0.25, 0.3) is 5.56 Å². The summed E-state index contributed by atoms with van der Waals surface area (Å²) in [5.41, 5.74) is 0.495. The molecule has 1 aromatic heterocycles. The van der Waals surface area contributed by atoms with E-state index < -0.39 is 5.56 Å². The highest BCUT2D eigenvalue weighted by Gasteiger charge is 2.33. The Morgan fingerprint density at radius 2 is 2.00 bits per heavy atom. The summed E-state index contributed by atoms with van der Waals surface area (Å²) >= 11 is 11.5. The average Bonchev–Trinajstić information content (AvgIpc) is 3.39. The molecule has 1 aromatic carbocycles. The molecule has 0 saturated heterocycles. The molecule has 1 saturated carbocycles. The molecule has 1 heterocycles. The standard InChI is InChI=1S/C16H15Cl2N3O2/c17-12-8-19-21(16(23)14(12)18)9-13(22)20-15(11-6-7-11)10-4-2-1-3-5-10/h1-5,8,11,15H,6-7,9H2,(H,20,22). The number of carbonyl (C=O) groups is 1. The first-order valence-corrected chi connectivity index (χ1v) is 8.07. The van der Waals surface area contributed by atoms with Crippen molar-refractivity contribution in [1.29, 1.82) is 0 Å². The van der Waals surface area contributed by atoms with E-state index in [9.17, 15) is 9.59 Å². The number of amides is 1. The molecule has 2 aromatic rings. The minimum absolute atomic E-state index is 0.0397. The third kappa shape index (κ3) is 3.74. The van der Waals surface area contributed by atoms with Gasteiger partial charge in [0, 0.05) is 0 Å². The van der Waals surface area contributed by atoms with E-state index in [1.54, 1.807) is 0 Å². The summed E-state index contributed by atoms with van der Waals surface area (Å²) < 4.78 is 1.01. The molecule has 0 aliphatic heterocycles. The van der Waals surface area contributed by atoms with Crippen LogP contribution in [0.15, 0.2) is 41.3 Å². The first-order valence-electron chi connectivity index (χ1n) is 7.31. The van der Waals surface area contributed by atoms with E-state index >= 15 is 0 Å². The van der Waals surface area contributed by atoms with Crippen molar-refractivity contribution in [3.05, 3.63) is 62.5 Å². The molecular formula is C16H15Cl2N3O2. The van der Waals surface area contributed by atoms with E-state index in [0.29, 0.717) is 5.92 Å². The van der Waals surface area contributed by atoms with Gasteiger partial charge in [-0.2, -0.15) is 5.10 Å². The van der Waals surface area contributed by atoms with Crippen molar-refractivity contribution >= 4 is 29.1 Å². The quantitative estimate of drug-likeness (QED) is 0.900. The molecule has 3 rings (SSSR count). The second-order valence-electron chi connectivity index (χ2n) is 5.56. The molecule has 5 nitrogen and oxygen atoms in total. The Morgan fingerprint density at radius 1 is 1.30 bits per heavy atom. The fourth-order valence-electron chi connectivity index (χ4n) is 2.48. The van der Waals surface area contributed by atoms with Crippen molar-refractivity contribution in [2.45, 2.75) is 25.4 Å². The molecule has 1 unspecified atom stereocenters. The third-order valence-electron chi connectivity index (χ3n) is 3.80. The molecule has 1 amide bonds. The number of hydrogen-bond acceptors (Lipinski definition) is 3. The first-order chi connectivity index (χ1) is 11.1. The number of nitrogens with one attached hydrogen (secondary N) is 1. The van der Waals surface area contributed by atoms with Gasteiger partial charge in [-0.1, -0.05) is 53.5 Å². The summed E-state index contributed by atoms with van der Waals surface area (Å²) in [5, 5.41) is 6.79. The van der Waals surface area contributed by atoms with Gasteiger partial charge in [-0.15, -0.1) is 0 Å². The van der Waals surface area contributed by atoms with Gasteiger partial charge in [0.05, 0.1) is 17.3 Å². The van der Waals surface area contributed by atoms with Crippen LogP contribution in [-0.4, -0.2) is 15.7 Å². The summed E-state index contributed by atoms with van der Waals surface area (Å²) in [4.78, 5) is 24.2. The maximum absolute atomic E-state index is 12.3. The number of halogens is 2. The van der Waals surface area contributed by atoms with E-state index in [1.165, 1.54) is 6.20 Å². The summed E-state index contributed by atoms with van der Waals surface area (Å²) in [5.74, 6) is 0.165. The lowest BCUT2D eigenvalue weighted by atomic mass is 10.0. The van der Waals surface area contributed by atoms with Crippen molar-refractivity contribution in [1.82, 2.24) is 15.1 Å². The van der Waals surface area contributed by atoms with E-state index in [-0.39, 0.29) is 28.5 Å². The van der Waals surface area contributed by atoms with Crippen molar-refractivity contribution in [2.24, 2.45) is 5.92 Å². The molecule has 7 heteroatoms. The van der Waals surface area contributed by atoms with Gasteiger partial charge in [-0.05, 0) is 24.3 Å². The normalized spacial score (nSPS) is 15.2. The van der Waals surface area contributed by atoms with Crippen LogP contribution in [0.2, 0.25) is 10.0 Å². The lowest BCUT2D eigenvalue weighted by Gasteiger charge is -2.19. The number of carbonyl (C=O) groups excluding carboxylic acids is 1. The second kappa shape index (κ2) is 6.72. The molecule has 1 aliphatic rings. The molecule has 0 radical (unpaired) electrons. The topological polar surface area (TPSA) is 64.0 Å². The molecule has 0 bridgehead atoms. The largest absolute Gasteiger partial charge is 0.347 e. The van der Waals surface area contributed by atoms with Gasteiger partial charge < -0.3 is 5.32 Å². The summed E-state index contributed by atoms with van der Waals surface area (Å²) in [6.07, 6.45) is 3.43. The highest BCUT2D eigenvalue weighted by atomic mass is 35.5. The van der Waals surface area contributed by atoms with Gasteiger partial charge in [-0.25, -0.2) is 4.68 Å². The van der Waals surface area contributed by atoms with Crippen LogP contribution in [0.4, 0.5) is 0 Å². The van der Waals surface area contributed by atoms with E-state index in [1.807, 2.05) is 30.3 Å². The van der Waals surface area contributed by atoms with Gasteiger partial charge >= 0.3 is 0 Å². The van der Waals surface area contributed by atoms with Crippen LogP contribution in [0.25, 0.3) is 0 Å². The van der Waals surface area contributed by atoms with Gasteiger partial charge in [0.2, 0.25) is 5.91 Å². The Kier molecular flexibility index (Phi) is 4.68.